The molecule has 0 aliphatic rings. The van der Waals surface area contributed by atoms with Gasteiger partial charge in [-0.3, -0.25) is 0 Å². The molecule has 0 spiro atoms. The Bertz CT molecular complexity index is 392. The summed E-state index contributed by atoms with van der Waals surface area (Å²) in [5, 5.41) is 12.6. The SMILES string of the molecule is CCNC(CCO)CN(C)C(C)Cc1ccccc1OC. The first-order chi connectivity index (χ1) is 10.1. The lowest BCUT2D eigenvalue weighted by atomic mass is 10.0. The van der Waals surface area contributed by atoms with Crippen LogP contribution >= 0.6 is 0 Å². The van der Waals surface area contributed by atoms with Crippen LogP contribution in [0, 0.1) is 0 Å². The molecule has 2 unspecified atom stereocenters. The van der Waals surface area contributed by atoms with Crippen molar-refractivity contribution < 1.29 is 9.84 Å². The van der Waals surface area contributed by atoms with Gasteiger partial charge in [-0.15, -0.1) is 0 Å². The van der Waals surface area contributed by atoms with E-state index in [1.54, 1.807) is 7.11 Å². The summed E-state index contributed by atoms with van der Waals surface area (Å²) in [5.41, 5.74) is 1.24. The number of benzene rings is 1. The van der Waals surface area contributed by atoms with Gasteiger partial charge in [0.15, 0.2) is 0 Å². The zero-order valence-corrected chi connectivity index (χ0v) is 13.8. The van der Waals surface area contributed by atoms with Gasteiger partial charge in [0.1, 0.15) is 5.75 Å². The minimum atomic E-state index is 0.229. The molecule has 4 heteroatoms. The number of nitrogens with one attached hydrogen (secondary N) is 1. The molecule has 0 aromatic heterocycles. The second-order valence-corrected chi connectivity index (χ2v) is 5.57. The summed E-state index contributed by atoms with van der Waals surface area (Å²) in [5.74, 6) is 0.955. The third-order valence-electron chi connectivity index (χ3n) is 3.94. The van der Waals surface area contributed by atoms with Crippen LogP contribution in [0.1, 0.15) is 25.8 Å². The Hall–Kier alpha value is -1.10. The molecule has 0 saturated heterocycles. The fourth-order valence-electron chi connectivity index (χ4n) is 2.58. The fraction of sp³-hybridized carbons (Fsp3) is 0.647. The van der Waals surface area contributed by atoms with Gasteiger partial charge >= 0.3 is 0 Å². The van der Waals surface area contributed by atoms with Crippen LogP contribution in [0.2, 0.25) is 0 Å². The molecule has 2 atom stereocenters. The maximum absolute atomic E-state index is 9.14. The molecule has 0 radical (unpaired) electrons. The number of para-hydroxylation sites is 1. The molecule has 0 saturated carbocycles. The van der Waals surface area contributed by atoms with Gasteiger partial charge in [0.2, 0.25) is 0 Å². The maximum Gasteiger partial charge on any atom is 0.122 e. The predicted molar refractivity (Wildman–Crippen MR) is 88.0 cm³/mol. The first-order valence-corrected chi connectivity index (χ1v) is 7.78. The number of hydrogen-bond donors (Lipinski definition) is 2. The highest BCUT2D eigenvalue weighted by Crippen LogP contribution is 2.20. The van der Waals surface area contributed by atoms with Gasteiger partial charge in [0.05, 0.1) is 7.11 Å². The van der Waals surface area contributed by atoms with Gasteiger partial charge in [0, 0.05) is 25.2 Å². The average molecular weight is 294 g/mol. The minimum Gasteiger partial charge on any atom is -0.496 e. The topological polar surface area (TPSA) is 44.7 Å². The summed E-state index contributed by atoms with van der Waals surface area (Å²) in [6.07, 6.45) is 1.75. The molecule has 1 rings (SSSR count). The Kier molecular flexibility index (Phi) is 8.35. The van der Waals surface area contributed by atoms with E-state index in [1.165, 1.54) is 5.56 Å². The zero-order chi connectivity index (χ0) is 15.7. The monoisotopic (exact) mass is 294 g/mol. The zero-order valence-electron chi connectivity index (χ0n) is 13.8. The Morgan fingerprint density at radius 1 is 1.33 bits per heavy atom. The van der Waals surface area contributed by atoms with Crippen molar-refractivity contribution in [3.05, 3.63) is 29.8 Å². The van der Waals surface area contributed by atoms with Gasteiger partial charge in [0.25, 0.3) is 0 Å². The van der Waals surface area contributed by atoms with Crippen LogP contribution in [0.5, 0.6) is 5.75 Å². The van der Waals surface area contributed by atoms with E-state index in [1.807, 2.05) is 12.1 Å². The minimum absolute atomic E-state index is 0.229. The van der Waals surface area contributed by atoms with Crippen LogP contribution in [0.25, 0.3) is 0 Å². The normalized spacial score (nSPS) is 14.2. The van der Waals surface area contributed by atoms with Crippen molar-refractivity contribution in [2.24, 2.45) is 0 Å². The number of aliphatic hydroxyl groups is 1. The van der Waals surface area contributed by atoms with Crippen molar-refractivity contribution in [3.8, 4) is 5.75 Å². The smallest absolute Gasteiger partial charge is 0.122 e. The Balaban J connectivity index is 2.58. The van der Waals surface area contributed by atoms with Crippen molar-refractivity contribution in [2.75, 3.05) is 33.9 Å². The van der Waals surface area contributed by atoms with E-state index in [4.69, 9.17) is 9.84 Å². The molecule has 1 aromatic carbocycles. The molecular formula is C17H30N2O2. The van der Waals surface area contributed by atoms with Crippen LogP contribution < -0.4 is 10.1 Å². The lowest BCUT2D eigenvalue weighted by Crippen LogP contribution is -2.43. The van der Waals surface area contributed by atoms with Gasteiger partial charge in [-0.2, -0.15) is 0 Å². The third kappa shape index (κ3) is 6.04. The molecule has 0 bridgehead atoms. The van der Waals surface area contributed by atoms with Crippen molar-refractivity contribution in [1.29, 1.82) is 0 Å². The van der Waals surface area contributed by atoms with Crippen LogP contribution in [-0.2, 0) is 6.42 Å². The summed E-state index contributed by atoms with van der Waals surface area (Å²) >= 11 is 0. The van der Waals surface area contributed by atoms with E-state index >= 15 is 0 Å². The lowest BCUT2D eigenvalue weighted by Gasteiger charge is -2.29. The summed E-state index contributed by atoms with van der Waals surface area (Å²) in [6, 6.07) is 8.94. The summed E-state index contributed by atoms with van der Waals surface area (Å²) < 4.78 is 5.42. The molecule has 0 amide bonds. The number of hydrogen-bond acceptors (Lipinski definition) is 4. The van der Waals surface area contributed by atoms with E-state index in [0.29, 0.717) is 12.1 Å². The van der Waals surface area contributed by atoms with Crippen molar-refractivity contribution in [3.63, 3.8) is 0 Å². The van der Waals surface area contributed by atoms with E-state index in [0.717, 1.165) is 31.7 Å². The number of nitrogens with zero attached hydrogens (tertiary/aromatic N) is 1. The molecular weight excluding hydrogens is 264 g/mol. The molecule has 4 nitrogen and oxygen atoms in total. The summed E-state index contributed by atoms with van der Waals surface area (Å²) in [4.78, 5) is 2.34. The average Bonchev–Trinajstić information content (AvgIpc) is 2.48. The van der Waals surface area contributed by atoms with E-state index in [2.05, 4.69) is 43.2 Å². The van der Waals surface area contributed by atoms with Gasteiger partial charge in [-0.1, -0.05) is 25.1 Å². The third-order valence-corrected chi connectivity index (χ3v) is 3.94. The summed E-state index contributed by atoms with van der Waals surface area (Å²) in [7, 11) is 3.86. The van der Waals surface area contributed by atoms with Crippen LogP contribution in [0.15, 0.2) is 24.3 Å². The first-order valence-electron chi connectivity index (χ1n) is 7.78. The highest BCUT2D eigenvalue weighted by Gasteiger charge is 2.16. The van der Waals surface area contributed by atoms with Crippen LogP contribution in [0.3, 0.4) is 0 Å². The van der Waals surface area contributed by atoms with Gasteiger partial charge in [-0.25, -0.2) is 0 Å². The predicted octanol–water partition coefficient (Wildman–Crippen LogP) is 1.92. The van der Waals surface area contributed by atoms with E-state index in [-0.39, 0.29) is 6.61 Å². The number of rotatable bonds is 10. The second kappa shape index (κ2) is 9.77. The highest BCUT2D eigenvalue weighted by atomic mass is 16.5. The highest BCUT2D eigenvalue weighted by molar-refractivity contribution is 5.33. The maximum atomic E-state index is 9.14. The molecule has 0 aliphatic heterocycles. The van der Waals surface area contributed by atoms with Crippen molar-refractivity contribution >= 4 is 0 Å². The van der Waals surface area contributed by atoms with Crippen molar-refractivity contribution in [2.45, 2.75) is 38.8 Å². The number of methoxy groups -OCH3 is 1. The molecule has 0 fully saturated rings. The van der Waals surface area contributed by atoms with Gasteiger partial charge in [-0.05, 0) is 45.0 Å². The molecule has 2 N–H and O–H groups in total. The molecule has 0 heterocycles. The number of aliphatic hydroxyl groups excluding tert-OH is 1. The van der Waals surface area contributed by atoms with E-state index < -0.39 is 0 Å². The quantitative estimate of drug-likeness (QED) is 0.692. The Morgan fingerprint density at radius 2 is 2.05 bits per heavy atom. The Morgan fingerprint density at radius 3 is 2.67 bits per heavy atom. The van der Waals surface area contributed by atoms with Gasteiger partial charge < -0.3 is 20.1 Å². The standard InChI is InChI=1S/C17H30N2O2/c1-5-18-16(10-11-20)13-19(3)14(2)12-15-8-6-7-9-17(15)21-4/h6-9,14,16,18,20H,5,10-13H2,1-4H3. The first kappa shape index (κ1) is 18.0. The molecule has 1 aromatic rings. The lowest BCUT2D eigenvalue weighted by molar-refractivity contribution is 0.199. The fourth-order valence-corrected chi connectivity index (χ4v) is 2.58. The van der Waals surface area contributed by atoms with Crippen molar-refractivity contribution in [1.82, 2.24) is 10.2 Å². The largest absolute Gasteiger partial charge is 0.496 e. The molecule has 120 valence electrons. The molecule has 0 aliphatic carbocycles. The number of likely N-dealkylation sites (N-methyl/N-ethyl adjacent to an activating group) is 2. The second-order valence-electron chi connectivity index (χ2n) is 5.57. The number of ether oxygens (including phenoxy) is 1. The van der Waals surface area contributed by atoms with E-state index in [9.17, 15) is 0 Å². The van der Waals surface area contributed by atoms with Crippen LogP contribution in [0.4, 0.5) is 0 Å². The summed E-state index contributed by atoms with van der Waals surface area (Å²) in [6.45, 7) is 6.42. The Labute approximate surface area is 129 Å². The van der Waals surface area contributed by atoms with Crippen LogP contribution in [-0.4, -0.2) is 55.9 Å². The molecule has 21 heavy (non-hydrogen) atoms.